The summed E-state index contributed by atoms with van der Waals surface area (Å²) in [5.74, 6) is -0.421. The standard InChI is InChI=1S/C17H10Cl2FNO2/c18-10-4-5-14(19)13(8-10)15-6-7-16(23-15)17(22)21-12-3-1-2-11(20)9-12/h1-9H,(H,21,22). The van der Waals surface area contributed by atoms with E-state index >= 15 is 0 Å². The Bertz CT molecular complexity index is 877. The monoisotopic (exact) mass is 349 g/mol. The largest absolute Gasteiger partial charge is 0.451 e. The molecular formula is C17H10Cl2FNO2. The molecule has 3 rings (SSSR count). The van der Waals surface area contributed by atoms with Crippen LogP contribution in [0.1, 0.15) is 10.6 Å². The van der Waals surface area contributed by atoms with Crippen molar-refractivity contribution >= 4 is 34.8 Å². The summed E-state index contributed by atoms with van der Waals surface area (Å²) >= 11 is 12.0. The zero-order valence-electron chi connectivity index (χ0n) is 11.6. The van der Waals surface area contributed by atoms with Gasteiger partial charge in [-0.3, -0.25) is 4.79 Å². The van der Waals surface area contributed by atoms with Gasteiger partial charge in [-0.2, -0.15) is 0 Å². The minimum absolute atomic E-state index is 0.0836. The molecule has 0 saturated heterocycles. The molecule has 0 atom stereocenters. The molecule has 0 aliphatic rings. The molecule has 0 aliphatic carbocycles. The lowest BCUT2D eigenvalue weighted by Gasteiger charge is -2.04. The summed E-state index contributed by atoms with van der Waals surface area (Å²) in [6.45, 7) is 0. The van der Waals surface area contributed by atoms with E-state index in [1.165, 1.54) is 24.3 Å². The highest BCUT2D eigenvalue weighted by Crippen LogP contribution is 2.32. The number of rotatable bonds is 3. The van der Waals surface area contributed by atoms with Crippen molar-refractivity contribution in [2.75, 3.05) is 5.32 Å². The van der Waals surface area contributed by atoms with Gasteiger partial charge in [0.25, 0.3) is 5.91 Å². The maximum Gasteiger partial charge on any atom is 0.291 e. The molecule has 0 radical (unpaired) electrons. The second kappa shape index (κ2) is 6.44. The van der Waals surface area contributed by atoms with E-state index in [0.29, 0.717) is 27.1 Å². The van der Waals surface area contributed by atoms with Crippen LogP contribution in [0.2, 0.25) is 10.0 Å². The van der Waals surface area contributed by atoms with Gasteiger partial charge in [0.2, 0.25) is 0 Å². The van der Waals surface area contributed by atoms with Crippen LogP contribution in [0.4, 0.5) is 10.1 Å². The molecule has 1 heterocycles. The van der Waals surface area contributed by atoms with Gasteiger partial charge in [0.15, 0.2) is 5.76 Å². The normalized spacial score (nSPS) is 10.6. The van der Waals surface area contributed by atoms with E-state index in [-0.39, 0.29) is 5.76 Å². The van der Waals surface area contributed by atoms with Crippen molar-refractivity contribution in [2.45, 2.75) is 0 Å². The Morgan fingerprint density at radius 3 is 2.65 bits per heavy atom. The fourth-order valence-electron chi connectivity index (χ4n) is 2.05. The van der Waals surface area contributed by atoms with Gasteiger partial charge in [-0.05, 0) is 48.5 Å². The molecule has 1 amide bonds. The van der Waals surface area contributed by atoms with Crippen molar-refractivity contribution in [1.29, 1.82) is 0 Å². The maximum absolute atomic E-state index is 13.1. The molecule has 0 unspecified atom stereocenters. The zero-order chi connectivity index (χ0) is 16.4. The minimum Gasteiger partial charge on any atom is -0.451 e. The van der Waals surface area contributed by atoms with E-state index in [0.717, 1.165) is 0 Å². The second-order valence-corrected chi connectivity index (χ2v) is 5.60. The van der Waals surface area contributed by atoms with Gasteiger partial charge in [0, 0.05) is 16.3 Å². The lowest BCUT2D eigenvalue weighted by atomic mass is 10.2. The first kappa shape index (κ1) is 15.6. The summed E-state index contributed by atoms with van der Waals surface area (Å²) < 4.78 is 18.6. The number of hydrogen-bond acceptors (Lipinski definition) is 2. The van der Waals surface area contributed by atoms with Gasteiger partial charge in [-0.25, -0.2) is 4.39 Å². The average molecular weight is 350 g/mol. The number of amides is 1. The smallest absolute Gasteiger partial charge is 0.291 e. The Morgan fingerprint density at radius 1 is 1.04 bits per heavy atom. The van der Waals surface area contributed by atoms with Crippen LogP contribution in [0.3, 0.4) is 0 Å². The van der Waals surface area contributed by atoms with E-state index < -0.39 is 11.7 Å². The van der Waals surface area contributed by atoms with Crippen LogP contribution in [-0.4, -0.2) is 5.91 Å². The van der Waals surface area contributed by atoms with E-state index in [1.54, 1.807) is 30.3 Å². The molecule has 3 nitrogen and oxygen atoms in total. The highest BCUT2D eigenvalue weighted by atomic mass is 35.5. The molecule has 0 aliphatic heterocycles. The Morgan fingerprint density at radius 2 is 1.87 bits per heavy atom. The van der Waals surface area contributed by atoms with Crippen LogP contribution >= 0.6 is 23.2 Å². The van der Waals surface area contributed by atoms with Gasteiger partial charge < -0.3 is 9.73 Å². The highest BCUT2D eigenvalue weighted by molar-refractivity contribution is 6.35. The predicted molar refractivity (Wildman–Crippen MR) is 88.5 cm³/mol. The predicted octanol–water partition coefficient (Wildman–Crippen LogP) is 5.64. The molecule has 0 fully saturated rings. The summed E-state index contributed by atoms with van der Waals surface area (Å²) in [5.41, 5.74) is 0.928. The van der Waals surface area contributed by atoms with E-state index in [4.69, 9.17) is 27.6 Å². The van der Waals surface area contributed by atoms with Crippen molar-refractivity contribution in [1.82, 2.24) is 0 Å². The third kappa shape index (κ3) is 3.55. The Hall–Kier alpha value is -2.30. The van der Waals surface area contributed by atoms with Crippen LogP contribution in [-0.2, 0) is 0 Å². The quantitative estimate of drug-likeness (QED) is 0.664. The fourth-order valence-corrected chi connectivity index (χ4v) is 2.43. The van der Waals surface area contributed by atoms with E-state index in [2.05, 4.69) is 5.32 Å². The van der Waals surface area contributed by atoms with Crippen LogP contribution in [0, 0.1) is 5.82 Å². The van der Waals surface area contributed by atoms with Crippen molar-refractivity contribution in [3.63, 3.8) is 0 Å². The second-order valence-electron chi connectivity index (χ2n) is 4.75. The van der Waals surface area contributed by atoms with Crippen LogP contribution < -0.4 is 5.32 Å². The molecule has 6 heteroatoms. The van der Waals surface area contributed by atoms with E-state index in [1.807, 2.05) is 0 Å². The molecule has 0 saturated carbocycles. The molecule has 0 spiro atoms. The lowest BCUT2D eigenvalue weighted by Crippen LogP contribution is -2.10. The van der Waals surface area contributed by atoms with Crippen LogP contribution in [0.15, 0.2) is 59.0 Å². The molecule has 1 aromatic heterocycles. The maximum atomic E-state index is 13.1. The van der Waals surface area contributed by atoms with E-state index in [9.17, 15) is 9.18 Å². The van der Waals surface area contributed by atoms with Gasteiger partial charge in [0.1, 0.15) is 11.6 Å². The SMILES string of the molecule is O=C(Nc1cccc(F)c1)c1ccc(-c2cc(Cl)ccc2Cl)o1. The number of hydrogen-bond donors (Lipinski definition) is 1. The first-order valence-corrected chi connectivity index (χ1v) is 7.41. The summed E-state index contributed by atoms with van der Waals surface area (Å²) in [7, 11) is 0. The first-order chi connectivity index (χ1) is 11.0. The zero-order valence-corrected chi connectivity index (χ0v) is 13.2. The number of furan rings is 1. The van der Waals surface area contributed by atoms with Crippen molar-refractivity contribution < 1.29 is 13.6 Å². The number of carbonyl (C=O) groups is 1. The van der Waals surface area contributed by atoms with Crippen molar-refractivity contribution in [3.8, 4) is 11.3 Å². The Labute approximate surface area is 141 Å². The third-order valence-corrected chi connectivity index (χ3v) is 3.67. The van der Waals surface area contributed by atoms with Gasteiger partial charge in [-0.1, -0.05) is 29.3 Å². The third-order valence-electron chi connectivity index (χ3n) is 3.11. The lowest BCUT2D eigenvalue weighted by molar-refractivity contribution is 0.0997. The minimum atomic E-state index is -0.486. The Balaban J connectivity index is 1.84. The fraction of sp³-hybridized carbons (Fsp3) is 0. The van der Waals surface area contributed by atoms with Crippen molar-refractivity contribution in [2.24, 2.45) is 0 Å². The van der Waals surface area contributed by atoms with Crippen LogP contribution in [0.25, 0.3) is 11.3 Å². The number of carbonyl (C=O) groups excluding carboxylic acids is 1. The molecule has 2 aromatic carbocycles. The average Bonchev–Trinajstić information content (AvgIpc) is 2.99. The van der Waals surface area contributed by atoms with Gasteiger partial charge in [-0.15, -0.1) is 0 Å². The number of anilines is 1. The summed E-state index contributed by atoms with van der Waals surface area (Å²) in [6, 6.07) is 13.7. The summed E-state index contributed by atoms with van der Waals surface area (Å²) in [6.07, 6.45) is 0. The highest BCUT2D eigenvalue weighted by Gasteiger charge is 2.14. The first-order valence-electron chi connectivity index (χ1n) is 6.65. The van der Waals surface area contributed by atoms with Crippen molar-refractivity contribution in [3.05, 3.63) is 76.2 Å². The number of nitrogens with one attached hydrogen (secondary N) is 1. The van der Waals surface area contributed by atoms with Crippen LogP contribution in [0.5, 0.6) is 0 Å². The molecule has 23 heavy (non-hydrogen) atoms. The van der Waals surface area contributed by atoms with Gasteiger partial charge >= 0.3 is 0 Å². The molecular weight excluding hydrogens is 340 g/mol. The number of halogens is 3. The topological polar surface area (TPSA) is 42.2 Å². The molecule has 116 valence electrons. The summed E-state index contributed by atoms with van der Waals surface area (Å²) in [5, 5.41) is 3.52. The number of benzene rings is 2. The summed E-state index contributed by atoms with van der Waals surface area (Å²) in [4.78, 5) is 12.1. The van der Waals surface area contributed by atoms with Gasteiger partial charge in [0.05, 0.1) is 5.02 Å². The Kier molecular flexibility index (Phi) is 4.37. The molecule has 1 N–H and O–H groups in total. The molecule has 0 bridgehead atoms. The molecule has 3 aromatic rings.